The Hall–Kier alpha value is -0.720. The highest BCUT2D eigenvalue weighted by Crippen LogP contribution is 2.21. The highest BCUT2D eigenvalue weighted by molar-refractivity contribution is 9.10. The summed E-state index contributed by atoms with van der Waals surface area (Å²) in [6.45, 7) is 4.96. The third-order valence-electron chi connectivity index (χ3n) is 3.03. The average Bonchev–Trinajstić information content (AvgIpc) is 2.76. The fraction of sp³-hybridized carbons (Fsp3) is 0.667. The number of ether oxygens (including phenoxy) is 1. The van der Waals surface area contributed by atoms with Gasteiger partial charge in [0.2, 0.25) is 0 Å². The maximum absolute atomic E-state index is 9.75. The Morgan fingerprint density at radius 1 is 1.28 bits per heavy atom. The number of halogens is 1. The summed E-state index contributed by atoms with van der Waals surface area (Å²) in [6.07, 6.45) is 1.13. The number of anilines is 1. The van der Waals surface area contributed by atoms with E-state index in [0.717, 1.165) is 34.7 Å². The number of aliphatic hydroxyl groups is 1. The first-order chi connectivity index (χ1) is 8.65. The van der Waals surface area contributed by atoms with E-state index in [1.54, 1.807) is 0 Å². The highest BCUT2D eigenvalue weighted by Gasteiger charge is 2.27. The zero-order valence-electron chi connectivity index (χ0n) is 10.6. The third kappa shape index (κ3) is 2.81. The number of aryl methyl sites for hydroxylation is 2. The Morgan fingerprint density at radius 2 is 2.00 bits per heavy atom. The van der Waals surface area contributed by atoms with Crippen molar-refractivity contribution >= 4 is 21.7 Å². The van der Waals surface area contributed by atoms with Crippen LogP contribution in [0.1, 0.15) is 25.2 Å². The number of rotatable bonds is 4. The molecule has 0 unspecified atom stereocenters. The van der Waals surface area contributed by atoms with Crippen molar-refractivity contribution in [3.63, 3.8) is 0 Å². The smallest absolute Gasteiger partial charge is 0.148 e. The monoisotopic (exact) mass is 315 g/mol. The Labute approximate surface area is 115 Å². The SMILES string of the molecule is CCc1nc(N[C@@H]2COC[C@H]2O)c(CC)nc1Br. The van der Waals surface area contributed by atoms with Crippen molar-refractivity contribution in [1.29, 1.82) is 0 Å². The standard InChI is InChI=1S/C12H18BrN3O2/c1-3-7-11(13)14-8(4-2)12(15-7)16-9-5-18-6-10(9)17/h9-10,17H,3-6H2,1-2H3,(H,15,16)/t9-,10-/m1/s1. The molecule has 100 valence electrons. The molecule has 2 heterocycles. The average molecular weight is 316 g/mol. The molecule has 0 saturated carbocycles. The van der Waals surface area contributed by atoms with Crippen molar-refractivity contribution in [2.45, 2.75) is 38.8 Å². The molecule has 1 fully saturated rings. The second kappa shape index (κ2) is 5.95. The van der Waals surface area contributed by atoms with Crippen LogP contribution in [0.25, 0.3) is 0 Å². The molecule has 1 aliphatic heterocycles. The number of nitrogens with zero attached hydrogens (tertiary/aromatic N) is 2. The van der Waals surface area contributed by atoms with E-state index >= 15 is 0 Å². The predicted octanol–water partition coefficient (Wildman–Crippen LogP) is 1.54. The number of aromatic nitrogens is 2. The van der Waals surface area contributed by atoms with Gasteiger partial charge in [0.25, 0.3) is 0 Å². The number of hydrogen-bond donors (Lipinski definition) is 2. The van der Waals surface area contributed by atoms with E-state index in [4.69, 9.17) is 4.74 Å². The summed E-state index contributed by atoms with van der Waals surface area (Å²) in [4.78, 5) is 9.07. The van der Waals surface area contributed by atoms with Crippen molar-refractivity contribution in [2.24, 2.45) is 0 Å². The van der Waals surface area contributed by atoms with Gasteiger partial charge in [0, 0.05) is 0 Å². The summed E-state index contributed by atoms with van der Waals surface area (Å²) in [5.74, 6) is 0.757. The van der Waals surface area contributed by atoms with Crippen LogP contribution in [0, 0.1) is 0 Å². The minimum absolute atomic E-state index is 0.101. The van der Waals surface area contributed by atoms with Crippen LogP contribution < -0.4 is 5.32 Å². The molecular weight excluding hydrogens is 298 g/mol. The van der Waals surface area contributed by atoms with Gasteiger partial charge >= 0.3 is 0 Å². The van der Waals surface area contributed by atoms with Crippen molar-refractivity contribution in [1.82, 2.24) is 9.97 Å². The van der Waals surface area contributed by atoms with Gasteiger partial charge in [-0.1, -0.05) is 13.8 Å². The van der Waals surface area contributed by atoms with Crippen LogP contribution in [-0.4, -0.2) is 40.4 Å². The van der Waals surface area contributed by atoms with E-state index in [1.807, 2.05) is 13.8 Å². The summed E-state index contributed by atoms with van der Waals surface area (Å²) < 4.78 is 6.03. The van der Waals surface area contributed by atoms with Gasteiger partial charge in [0.05, 0.1) is 36.7 Å². The molecule has 2 rings (SSSR count). The molecule has 6 heteroatoms. The fourth-order valence-corrected chi connectivity index (χ4v) is 2.51. The molecule has 1 aromatic rings. The van der Waals surface area contributed by atoms with Crippen molar-refractivity contribution in [3.8, 4) is 0 Å². The maximum atomic E-state index is 9.75. The lowest BCUT2D eigenvalue weighted by molar-refractivity contribution is 0.125. The van der Waals surface area contributed by atoms with Crippen LogP contribution in [0.15, 0.2) is 4.60 Å². The van der Waals surface area contributed by atoms with Gasteiger partial charge in [-0.25, -0.2) is 9.97 Å². The van der Waals surface area contributed by atoms with Gasteiger partial charge in [0.1, 0.15) is 10.4 Å². The van der Waals surface area contributed by atoms with Gasteiger partial charge in [-0.2, -0.15) is 0 Å². The number of aliphatic hydroxyl groups excluding tert-OH is 1. The molecule has 2 atom stereocenters. The van der Waals surface area contributed by atoms with E-state index in [1.165, 1.54) is 0 Å². The second-order valence-corrected chi connectivity index (χ2v) is 5.07. The Bertz CT molecular complexity index is 428. The van der Waals surface area contributed by atoms with Gasteiger partial charge in [-0.3, -0.25) is 0 Å². The minimum atomic E-state index is -0.481. The lowest BCUT2D eigenvalue weighted by Crippen LogP contribution is -2.33. The lowest BCUT2D eigenvalue weighted by Gasteiger charge is -2.18. The van der Waals surface area contributed by atoms with E-state index in [2.05, 4.69) is 31.2 Å². The molecule has 0 bridgehead atoms. The summed E-state index contributed by atoms with van der Waals surface area (Å²) in [6, 6.07) is -0.101. The zero-order chi connectivity index (χ0) is 13.1. The van der Waals surface area contributed by atoms with Crippen molar-refractivity contribution in [2.75, 3.05) is 18.5 Å². The molecule has 0 aromatic carbocycles. The normalized spacial score (nSPS) is 23.3. The van der Waals surface area contributed by atoms with E-state index in [-0.39, 0.29) is 6.04 Å². The highest BCUT2D eigenvalue weighted by atomic mass is 79.9. The fourth-order valence-electron chi connectivity index (χ4n) is 1.93. The topological polar surface area (TPSA) is 67.3 Å². The molecule has 5 nitrogen and oxygen atoms in total. The zero-order valence-corrected chi connectivity index (χ0v) is 12.2. The third-order valence-corrected chi connectivity index (χ3v) is 3.67. The van der Waals surface area contributed by atoms with E-state index < -0.39 is 6.10 Å². The Kier molecular flexibility index (Phi) is 4.53. The second-order valence-electron chi connectivity index (χ2n) is 4.32. The van der Waals surface area contributed by atoms with Crippen LogP contribution in [0.3, 0.4) is 0 Å². The maximum Gasteiger partial charge on any atom is 0.148 e. The first kappa shape index (κ1) is 13.7. The van der Waals surface area contributed by atoms with Crippen LogP contribution in [-0.2, 0) is 17.6 Å². The molecule has 18 heavy (non-hydrogen) atoms. The Balaban J connectivity index is 2.24. The summed E-state index contributed by atoms with van der Waals surface area (Å²) in [7, 11) is 0. The van der Waals surface area contributed by atoms with Gasteiger partial charge in [0.15, 0.2) is 0 Å². The van der Waals surface area contributed by atoms with E-state index in [9.17, 15) is 5.11 Å². The van der Waals surface area contributed by atoms with Gasteiger partial charge in [-0.05, 0) is 28.8 Å². The largest absolute Gasteiger partial charge is 0.388 e. The summed E-state index contributed by atoms with van der Waals surface area (Å²) in [5, 5.41) is 13.0. The number of nitrogens with one attached hydrogen (secondary N) is 1. The molecule has 1 aromatic heterocycles. The molecule has 0 amide bonds. The van der Waals surface area contributed by atoms with Gasteiger partial charge < -0.3 is 15.2 Å². The molecule has 1 saturated heterocycles. The summed E-state index contributed by atoms with van der Waals surface area (Å²) >= 11 is 3.43. The Morgan fingerprint density at radius 3 is 2.56 bits per heavy atom. The number of hydrogen-bond acceptors (Lipinski definition) is 5. The molecule has 0 radical (unpaired) electrons. The van der Waals surface area contributed by atoms with Gasteiger partial charge in [-0.15, -0.1) is 0 Å². The van der Waals surface area contributed by atoms with E-state index in [0.29, 0.717) is 13.2 Å². The molecular formula is C12H18BrN3O2. The molecule has 0 spiro atoms. The van der Waals surface area contributed by atoms with Crippen molar-refractivity contribution in [3.05, 3.63) is 16.0 Å². The van der Waals surface area contributed by atoms with Crippen LogP contribution >= 0.6 is 15.9 Å². The van der Waals surface area contributed by atoms with Crippen LogP contribution in [0.5, 0.6) is 0 Å². The molecule has 0 aliphatic carbocycles. The summed E-state index contributed by atoms with van der Waals surface area (Å²) in [5.41, 5.74) is 1.82. The molecule has 2 N–H and O–H groups in total. The predicted molar refractivity (Wildman–Crippen MR) is 72.7 cm³/mol. The van der Waals surface area contributed by atoms with Crippen LogP contribution in [0.4, 0.5) is 5.82 Å². The first-order valence-electron chi connectivity index (χ1n) is 6.23. The quantitative estimate of drug-likeness (QED) is 0.882. The van der Waals surface area contributed by atoms with Crippen LogP contribution in [0.2, 0.25) is 0 Å². The lowest BCUT2D eigenvalue weighted by atomic mass is 10.2. The van der Waals surface area contributed by atoms with Crippen molar-refractivity contribution < 1.29 is 9.84 Å². The molecule has 1 aliphatic rings. The first-order valence-corrected chi connectivity index (χ1v) is 7.02. The minimum Gasteiger partial charge on any atom is -0.388 e.